The number of piperidine rings is 2. The van der Waals surface area contributed by atoms with Crippen LogP contribution in [0.1, 0.15) is 57.4 Å². The van der Waals surface area contributed by atoms with Crippen molar-refractivity contribution >= 4 is 21.7 Å². The number of hydroxylamine groups is 1. The summed E-state index contributed by atoms with van der Waals surface area (Å²) in [5, 5.41) is 0. The van der Waals surface area contributed by atoms with Gasteiger partial charge in [-0.1, -0.05) is 19.1 Å². The maximum absolute atomic E-state index is 13.6. The molecule has 3 rings (SSSR count). The minimum atomic E-state index is -3.90. The van der Waals surface area contributed by atoms with Crippen molar-refractivity contribution in [2.24, 2.45) is 5.92 Å². The Bertz CT molecular complexity index is 932. The highest BCUT2D eigenvalue weighted by Crippen LogP contribution is 2.36. The van der Waals surface area contributed by atoms with Crippen LogP contribution in [0.4, 0.5) is 0 Å². The van der Waals surface area contributed by atoms with Gasteiger partial charge in [-0.15, -0.1) is 0 Å². The van der Waals surface area contributed by atoms with Crippen molar-refractivity contribution in [3.05, 3.63) is 29.8 Å². The fraction of sp³-hybridized carbons (Fsp3) is 0.680. The molecule has 0 radical (unpaired) electrons. The molecular weight excluding hydrogens is 454 g/mol. The van der Waals surface area contributed by atoms with Gasteiger partial charge >= 0.3 is 0 Å². The topological polar surface area (TPSA) is 96.0 Å². The summed E-state index contributed by atoms with van der Waals surface area (Å²) in [6.45, 7) is 4.75. The second-order valence-electron chi connectivity index (χ2n) is 9.69. The highest BCUT2D eigenvalue weighted by atomic mass is 32.2. The van der Waals surface area contributed by atoms with E-state index in [0.717, 1.165) is 50.8 Å². The molecule has 9 heteroatoms. The Kier molecular flexibility index (Phi) is 9.12. The number of amides is 2. The second-order valence-corrected chi connectivity index (χ2v) is 12.0. The molecule has 0 bridgehead atoms. The zero-order valence-corrected chi connectivity index (χ0v) is 21.5. The first-order chi connectivity index (χ1) is 16.2. The molecule has 1 N–H and O–H groups in total. The summed E-state index contributed by atoms with van der Waals surface area (Å²) in [6, 6.07) is 7.00. The van der Waals surface area contributed by atoms with Crippen LogP contribution in [0, 0.1) is 5.92 Å². The van der Waals surface area contributed by atoms with Gasteiger partial charge in [-0.25, -0.2) is 13.9 Å². The molecule has 2 amide bonds. The lowest BCUT2D eigenvalue weighted by Gasteiger charge is -2.38. The van der Waals surface area contributed by atoms with E-state index < -0.39 is 20.5 Å². The van der Waals surface area contributed by atoms with Crippen LogP contribution in [-0.4, -0.2) is 75.1 Å². The van der Waals surface area contributed by atoms with Crippen molar-refractivity contribution in [1.82, 2.24) is 15.3 Å². The summed E-state index contributed by atoms with van der Waals surface area (Å²) in [6.07, 6.45) is 5.90. The van der Waals surface area contributed by atoms with E-state index in [1.54, 1.807) is 12.1 Å². The lowest BCUT2D eigenvalue weighted by Crippen LogP contribution is -2.57. The predicted octanol–water partition coefficient (Wildman–Crippen LogP) is 2.57. The number of carbonyl (C=O) groups excluding carboxylic acids is 2. The highest BCUT2D eigenvalue weighted by Gasteiger charge is 2.52. The fourth-order valence-electron chi connectivity index (χ4n) is 5.06. The van der Waals surface area contributed by atoms with E-state index in [1.807, 2.05) is 35.9 Å². The van der Waals surface area contributed by atoms with Gasteiger partial charge in [-0.3, -0.25) is 14.4 Å². The quantitative estimate of drug-likeness (QED) is 0.531. The molecular formula is C25H39N3O5S. The molecule has 0 saturated carbocycles. The van der Waals surface area contributed by atoms with E-state index >= 15 is 0 Å². The monoisotopic (exact) mass is 493 g/mol. The maximum atomic E-state index is 13.6. The van der Waals surface area contributed by atoms with Gasteiger partial charge in [0.25, 0.3) is 5.91 Å². The van der Waals surface area contributed by atoms with E-state index in [-0.39, 0.29) is 23.6 Å². The van der Waals surface area contributed by atoms with E-state index in [0.29, 0.717) is 25.4 Å². The first kappa shape index (κ1) is 26.6. The number of nitrogens with zero attached hydrogens (tertiary/aromatic N) is 2. The van der Waals surface area contributed by atoms with Crippen molar-refractivity contribution in [1.29, 1.82) is 0 Å². The zero-order chi connectivity index (χ0) is 24.8. The molecule has 2 fully saturated rings. The van der Waals surface area contributed by atoms with E-state index in [1.165, 1.54) is 7.11 Å². The zero-order valence-electron chi connectivity index (χ0n) is 20.7. The van der Waals surface area contributed by atoms with E-state index in [4.69, 9.17) is 4.84 Å². The maximum Gasteiger partial charge on any atom is 0.265 e. The van der Waals surface area contributed by atoms with E-state index in [2.05, 4.69) is 5.48 Å². The number of likely N-dealkylation sites (tertiary alicyclic amines) is 2. The number of carbonyl (C=O) groups is 2. The van der Waals surface area contributed by atoms with Gasteiger partial charge in [0.2, 0.25) is 5.91 Å². The Morgan fingerprint density at radius 1 is 1.09 bits per heavy atom. The van der Waals surface area contributed by atoms with Crippen LogP contribution in [-0.2, 0) is 30.7 Å². The summed E-state index contributed by atoms with van der Waals surface area (Å²) < 4.78 is 25.7. The summed E-state index contributed by atoms with van der Waals surface area (Å²) in [4.78, 5) is 33.9. The normalized spacial score (nSPS) is 19.7. The number of hydrogen-bond donors (Lipinski definition) is 1. The summed E-state index contributed by atoms with van der Waals surface area (Å²) in [5.74, 6) is 0.240. The minimum absolute atomic E-state index is 0.176. The van der Waals surface area contributed by atoms with Gasteiger partial charge in [0.05, 0.1) is 12.0 Å². The first-order valence-electron chi connectivity index (χ1n) is 12.4. The molecule has 2 aliphatic rings. The summed E-state index contributed by atoms with van der Waals surface area (Å²) in [5.41, 5.74) is 3.36. The lowest BCUT2D eigenvalue weighted by atomic mass is 9.90. The van der Waals surface area contributed by atoms with Crippen molar-refractivity contribution in [3.63, 3.8) is 0 Å². The molecule has 8 nitrogen and oxygen atoms in total. The molecule has 34 heavy (non-hydrogen) atoms. The molecule has 0 spiro atoms. The van der Waals surface area contributed by atoms with Crippen LogP contribution in [0.25, 0.3) is 0 Å². The lowest BCUT2D eigenvalue weighted by molar-refractivity contribution is -0.135. The number of rotatable bonds is 9. The Morgan fingerprint density at radius 3 is 2.26 bits per heavy atom. The van der Waals surface area contributed by atoms with Crippen molar-refractivity contribution in [2.45, 2.75) is 67.9 Å². The van der Waals surface area contributed by atoms with Crippen molar-refractivity contribution in [3.8, 4) is 0 Å². The standard InChI is InChI=1S/C25H39N3O5S/c1-4-5-23(29)28-16-12-21(13-17-28)7-6-20-8-10-22(11-9-20)34(31,32)25(24(30)26-33-3)14-18-27(2)19-15-25/h8-11,21H,4-7,12-19H2,1-3H3,(H,26,30). The third-order valence-corrected chi connectivity index (χ3v) is 9.94. The molecule has 190 valence electrons. The molecule has 0 aliphatic carbocycles. The second kappa shape index (κ2) is 11.6. The molecule has 2 saturated heterocycles. The van der Waals surface area contributed by atoms with Gasteiger partial charge in [-0.2, -0.15) is 0 Å². The SMILES string of the molecule is CCCC(=O)N1CCC(CCc2ccc(S(=O)(=O)C3(C(=O)NOC)CCN(C)CC3)cc2)CC1. The Labute approximate surface area is 203 Å². The fourth-order valence-corrected chi connectivity index (χ4v) is 7.01. The van der Waals surface area contributed by atoms with Crippen LogP contribution in [0.2, 0.25) is 0 Å². The summed E-state index contributed by atoms with van der Waals surface area (Å²) >= 11 is 0. The largest absolute Gasteiger partial charge is 0.343 e. The van der Waals surface area contributed by atoms with Crippen molar-refractivity contribution < 1.29 is 22.8 Å². The van der Waals surface area contributed by atoms with Gasteiger partial charge in [0.15, 0.2) is 14.6 Å². The Morgan fingerprint density at radius 2 is 1.71 bits per heavy atom. The van der Waals surface area contributed by atoms with Gasteiger partial charge in [-0.05, 0) is 88.7 Å². The van der Waals surface area contributed by atoms with Crippen LogP contribution in [0.3, 0.4) is 0 Å². The molecule has 0 unspecified atom stereocenters. The molecule has 2 heterocycles. The van der Waals surface area contributed by atoms with Crippen molar-refractivity contribution in [2.75, 3.05) is 40.3 Å². The van der Waals surface area contributed by atoms with Crippen LogP contribution < -0.4 is 5.48 Å². The molecule has 1 aromatic carbocycles. The molecule has 2 aliphatic heterocycles. The van der Waals surface area contributed by atoms with Crippen LogP contribution >= 0.6 is 0 Å². The average molecular weight is 494 g/mol. The molecule has 1 aromatic rings. The molecule has 0 aromatic heterocycles. The Hall–Kier alpha value is -1.97. The van der Waals surface area contributed by atoms with Gasteiger partial charge < -0.3 is 9.80 Å². The number of hydrogen-bond acceptors (Lipinski definition) is 6. The average Bonchev–Trinajstić information content (AvgIpc) is 2.84. The number of sulfone groups is 1. The number of aryl methyl sites for hydroxylation is 1. The number of benzene rings is 1. The minimum Gasteiger partial charge on any atom is -0.343 e. The highest BCUT2D eigenvalue weighted by molar-refractivity contribution is 7.93. The van der Waals surface area contributed by atoms with Gasteiger partial charge in [0, 0.05) is 19.5 Å². The first-order valence-corrected chi connectivity index (χ1v) is 13.8. The third-order valence-electron chi connectivity index (χ3n) is 7.42. The van der Waals surface area contributed by atoms with Crippen LogP contribution in [0.15, 0.2) is 29.2 Å². The summed E-state index contributed by atoms with van der Waals surface area (Å²) in [7, 11) is -0.659. The molecule has 0 atom stereocenters. The van der Waals surface area contributed by atoms with Gasteiger partial charge in [0.1, 0.15) is 0 Å². The third kappa shape index (κ3) is 5.80. The van der Waals surface area contributed by atoms with Crippen LogP contribution in [0.5, 0.6) is 0 Å². The number of nitrogens with one attached hydrogen (secondary N) is 1. The predicted molar refractivity (Wildman–Crippen MR) is 131 cm³/mol. The smallest absolute Gasteiger partial charge is 0.265 e. The Balaban J connectivity index is 1.63. The van der Waals surface area contributed by atoms with E-state index in [9.17, 15) is 18.0 Å².